The Hall–Kier alpha value is -2.37. The Bertz CT molecular complexity index is 785. The van der Waals surface area contributed by atoms with Crippen molar-refractivity contribution < 1.29 is 0 Å². The maximum absolute atomic E-state index is 4.57. The predicted molar refractivity (Wildman–Crippen MR) is 87.2 cm³/mol. The van der Waals surface area contributed by atoms with E-state index >= 15 is 0 Å². The highest BCUT2D eigenvalue weighted by molar-refractivity contribution is 5.49. The number of aromatic nitrogens is 5. The molecule has 0 spiro atoms. The molecule has 116 valence electrons. The normalized spacial score (nSPS) is 12.7. The Morgan fingerprint density at radius 3 is 2.77 bits per heavy atom. The molecular formula is C16H22N6. The van der Waals surface area contributed by atoms with Gasteiger partial charge in [0.15, 0.2) is 5.65 Å². The fourth-order valence-electron chi connectivity index (χ4n) is 2.67. The first-order valence-corrected chi connectivity index (χ1v) is 7.68. The molecule has 0 aromatic carbocycles. The summed E-state index contributed by atoms with van der Waals surface area (Å²) in [5.41, 5.74) is 4.17. The number of rotatable bonds is 5. The van der Waals surface area contributed by atoms with Gasteiger partial charge in [-0.3, -0.25) is 4.68 Å². The molecular weight excluding hydrogens is 276 g/mol. The molecule has 0 fully saturated rings. The second kappa shape index (κ2) is 5.79. The van der Waals surface area contributed by atoms with Crippen LogP contribution in [0.25, 0.3) is 5.65 Å². The van der Waals surface area contributed by atoms with Gasteiger partial charge in [-0.05, 0) is 33.3 Å². The molecule has 0 aliphatic rings. The van der Waals surface area contributed by atoms with Crippen LogP contribution in [0.4, 0.5) is 5.82 Å². The third-order valence-corrected chi connectivity index (χ3v) is 3.72. The van der Waals surface area contributed by atoms with E-state index in [1.54, 1.807) is 6.20 Å². The summed E-state index contributed by atoms with van der Waals surface area (Å²) in [5.74, 6) is 0.973. The quantitative estimate of drug-likeness (QED) is 0.786. The minimum atomic E-state index is 0.234. The van der Waals surface area contributed by atoms with Crippen LogP contribution in [-0.4, -0.2) is 30.4 Å². The standard InChI is InChI=1S/C16H22N6/c1-5-14-9-16(22-15(19-14)6-7-17-22)18-12(3)10-21-13(4)8-11(2)20-21/h6-9,12,18H,5,10H2,1-4H3/t12-/m1/s1. The minimum absolute atomic E-state index is 0.234. The van der Waals surface area contributed by atoms with Crippen LogP contribution in [0.2, 0.25) is 0 Å². The van der Waals surface area contributed by atoms with Crippen LogP contribution in [0.1, 0.15) is 30.9 Å². The van der Waals surface area contributed by atoms with E-state index in [0.717, 1.165) is 35.8 Å². The lowest BCUT2D eigenvalue weighted by Crippen LogP contribution is -2.25. The topological polar surface area (TPSA) is 60.0 Å². The van der Waals surface area contributed by atoms with Crippen LogP contribution in [0.3, 0.4) is 0 Å². The van der Waals surface area contributed by atoms with Crippen molar-refractivity contribution in [3.05, 3.63) is 41.5 Å². The Kier molecular flexibility index (Phi) is 3.83. The van der Waals surface area contributed by atoms with Crippen LogP contribution in [0.15, 0.2) is 24.4 Å². The van der Waals surface area contributed by atoms with Gasteiger partial charge in [0.05, 0.1) is 18.4 Å². The summed E-state index contributed by atoms with van der Waals surface area (Å²) < 4.78 is 3.88. The number of fused-ring (bicyclic) bond motifs is 1. The molecule has 22 heavy (non-hydrogen) atoms. The maximum Gasteiger partial charge on any atom is 0.157 e. The summed E-state index contributed by atoms with van der Waals surface area (Å²) in [5, 5.41) is 12.4. The monoisotopic (exact) mass is 298 g/mol. The number of nitrogens with one attached hydrogen (secondary N) is 1. The molecule has 0 amide bonds. The van der Waals surface area contributed by atoms with Gasteiger partial charge in [-0.25, -0.2) is 4.98 Å². The average molecular weight is 298 g/mol. The molecule has 1 atom stereocenters. The average Bonchev–Trinajstić information content (AvgIpc) is 3.05. The molecule has 3 heterocycles. The lowest BCUT2D eigenvalue weighted by atomic mass is 10.3. The van der Waals surface area contributed by atoms with E-state index in [-0.39, 0.29) is 6.04 Å². The summed E-state index contributed by atoms with van der Waals surface area (Å²) in [4.78, 5) is 4.57. The lowest BCUT2D eigenvalue weighted by molar-refractivity contribution is 0.543. The Morgan fingerprint density at radius 2 is 2.09 bits per heavy atom. The molecule has 0 aliphatic carbocycles. The fourth-order valence-corrected chi connectivity index (χ4v) is 2.67. The number of hydrogen-bond acceptors (Lipinski definition) is 4. The van der Waals surface area contributed by atoms with Gasteiger partial charge in [-0.15, -0.1) is 0 Å². The van der Waals surface area contributed by atoms with E-state index in [0.29, 0.717) is 0 Å². The highest BCUT2D eigenvalue weighted by Crippen LogP contribution is 2.14. The van der Waals surface area contributed by atoms with Gasteiger partial charge in [0.2, 0.25) is 0 Å². The molecule has 0 bridgehead atoms. The van der Waals surface area contributed by atoms with Gasteiger partial charge in [0.1, 0.15) is 5.82 Å². The van der Waals surface area contributed by atoms with E-state index in [1.807, 2.05) is 22.2 Å². The molecule has 6 heteroatoms. The molecule has 0 radical (unpaired) electrons. The Morgan fingerprint density at radius 1 is 1.27 bits per heavy atom. The van der Waals surface area contributed by atoms with E-state index in [9.17, 15) is 0 Å². The van der Waals surface area contributed by atoms with Crippen LogP contribution >= 0.6 is 0 Å². The van der Waals surface area contributed by atoms with Gasteiger partial charge in [-0.1, -0.05) is 6.92 Å². The van der Waals surface area contributed by atoms with E-state index in [2.05, 4.69) is 53.4 Å². The molecule has 0 saturated carbocycles. The summed E-state index contributed by atoms with van der Waals surface area (Å²) in [6.45, 7) is 9.17. The smallest absolute Gasteiger partial charge is 0.157 e. The van der Waals surface area contributed by atoms with Crippen LogP contribution < -0.4 is 5.32 Å². The first-order chi connectivity index (χ1) is 10.6. The Balaban J connectivity index is 1.83. The van der Waals surface area contributed by atoms with Gasteiger partial charge < -0.3 is 5.32 Å². The van der Waals surface area contributed by atoms with E-state index < -0.39 is 0 Å². The fraction of sp³-hybridized carbons (Fsp3) is 0.438. The van der Waals surface area contributed by atoms with Crippen molar-refractivity contribution in [1.29, 1.82) is 0 Å². The second-order valence-electron chi connectivity index (χ2n) is 5.74. The van der Waals surface area contributed by atoms with Gasteiger partial charge in [0, 0.05) is 29.6 Å². The third-order valence-electron chi connectivity index (χ3n) is 3.72. The van der Waals surface area contributed by atoms with Crippen molar-refractivity contribution >= 4 is 11.5 Å². The molecule has 0 unspecified atom stereocenters. The highest BCUT2D eigenvalue weighted by Gasteiger charge is 2.11. The zero-order chi connectivity index (χ0) is 15.7. The number of anilines is 1. The summed E-state index contributed by atoms with van der Waals surface area (Å²) in [6, 6.07) is 6.32. The van der Waals surface area contributed by atoms with Crippen LogP contribution in [0.5, 0.6) is 0 Å². The van der Waals surface area contributed by atoms with Crippen molar-refractivity contribution in [3.8, 4) is 0 Å². The molecule has 3 aromatic heterocycles. The second-order valence-corrected chi connectivity index (χ2v) is 5.74. The SMILES string of the molecule is CCc1cc(N[C@H](C)Cn2nc(C)cc2C)n2nccc2n1. The van der Waals surface area contributed by atoms with E-state index in [1.165, 1.54) is 5.69 Å². The van der Waals surface area contributed by atoms with Crippen molar-refractivity contribution in [2.75, 3.05) is 5.32 Å². The zero-order valence-corrected chi connectivity index (χ0v) is 13.5. The first-order valence-electron chi connectivity index (χ1n) is 7.68. The van der Waals surface area contributed by atoms with Crippen molar-refractivity contribution in [2.24, 2.45) is 0 Å². The highest BCUT2D eigenvalue weighted by atomic mass is 15.3. The molecule has 0 saturated heterocycles. The molecule has 3 rings (SSSR count). The van der Waals surface area contributed by atoms with Gasteiger partial charge in [0.25, 0.3) is 0 Å². The first kappa shape index (κ1) is 14.6. The van der Waals surface area contributed by atoms with Gasteiger partial charge in [-0.2, -0.15) is 14.7 Å². The van der Waals surface area contributed by atoms with Gasteiger partial charge >= 0.3 is 0 Å². The largest absolute Gasteiger partial charge is 0.366 e. The predicted octanol–water partition coefficient (Wildman–Crippen LogP) is 2.61. The molecule has 6 nitrogen and oxygen atoms in total. The lowest BCUT2D eigenvalue weighted by Gasteiger charge is -2.17. The summed E-state index contributed by atoms with van der Waals surface area (Å²) >= 11 is 0. The maximum atomic E-state index is 4.57. The van der Waals surface area contributed by atoms with Crippen molar-refractivity contribution in [3.63, 3.8) is 0 Å². The number of aryl methyl sites for hydroxylation is 3. The van der Waals surface area contributed by atoms with E-state index in [4.69, 9.17) is 0 Å². The molecule has 1 N–H and O–H groups in total. The number of nitrogens with zero attached hydrogens (tertiary/aromatic N) is 5. The summed E-state index contributed by atoms with van der Waals surface area (Å²) in [7, 11) is 0. The third kappa shape index (κ3) is 2.81. The minimum Gasteiger partial charge on any atom is -0.366 e. The number of hydrogen-bond donors (Lipinski definition) is 1. The van der Waals surface area contributed by atoms with Crippen LogP contribution in [-0.2, 0) is 13.0 Å². The summed E-state index contributed by atoms with van der Waals surface area (Å²) in [6.07, 6.45) is 2.68. The Labute approximate surface area is 130 Å². The molecule has 3 aromatic rings. The van der Waals surface area contributed by atoms with Crippen LogP contribution in [0, 0.1) is 13.8 Å². The van der Waals surface area contributed by atoms with Crippen molar-refractivity contribution in [2.45, 2.75) is 46.7 Å². The van der Waals surface area contributed by atoms with Crippen molar-refractivity contribution in [1.82, 2.24) is 24.4 Å². The molecule has 0 aliphatic heterocycles. The zero-order valence-electron chi connectivity index (χ0n) is 13.5.